The molecule has 0 radical (unpaired) electrons. The molecule has 18 heavy (non-hydrogen) atoms. The van der Waals surface area contributed by atoms with Gasteiger partial charge in [-0.15, -0.1) is 0 Å². The van der Waals surface area contributed by atoms with Gasteiger partial charge in [0.2, 0.25) is 0 Å². The number of hydrogen-bond donors (Lipinski definition) is 3. The topological polar surface area (TPSA) is 101 Å². The van der Waals surface area contributed by atoms with Crippen LogP contribution in [0.2, 0.25) is 0 Å². The Morgan fingerprint density at radius 2 is 2.00 bits per heavy atom. The second kappa shape index (κ2) is 5.90. The molecule has 1 heterocycles. The van der Waals surface area contributed by atoms with Crippen LogP contribution in [-0.2, 0) is 4.79 Å². The zero-order chi connectivity index (χ0) is 12.4. The number of H-pyrrole nitrogens is 2. The van der Waals surface area contributed by atoms with Crippen LogP contribution in [0, 0.1) is 0 Å². The van der Waals surface area contributed by atoms with Gasteiger partial charge in [0.25, 0.3) is 0 Å². The summed E-state index contributed by atoms with van der Waals surface area (Å²) < 4.78 is 0. The Morgan fingerprint density at radius 1 is 1.33 bits per heavy atom. The largest absolute Gasteiger partial charge is 1.00 e. The Labute approximate surface area is 124 Å². The number of imidazole rings is 1. The third kappa shape index (κ3) is 3.49. The Kier molecular flexibility index (Phi) is 4.77. The minimum Gasteiger partial charge on any atom is -0.860 e. The molecule has 0 amide bonds. The van der Waals surface area contributed by atoms with Gasteiger partial charge < -0.3 is 20.4 Å². The van der Waals surface area contributed by atoms with Gasteiger partial charge in [0, 0.05) is 5.69 Å². The van der Waals surface area contributed by atoms with Gasteiger partial charge in [0.15, 0.2) is 5.78 Å². The van der Waals surface area contributed by atoms with Gasteiger partial charge in [0.05, 0.1) is 11.0 Å². The maximum atomic E-state index is 11.3. The number of ketones is 1. The van der Waals surface area contributed by atoms with Crippen LogP contribution >= 0.6 is 0 Å². The van der Waals surface area contributed by atoms with Gasteiger partial charge >= 0.3 is 35.2 Å². The number of rotatable bonds is 3. The molecular weight excluding hydrogens is 245 g/mol. The minimum atomic E-state index is -0.491. The van der Waals surface area contributed by atoms with Crippen molar-refractivity contribution in [2.75, 3.05) is 5.32 Å². The van der Waals surface area contributed by atoms with E-state index >= 15 is 0 Å². The van der Waals surface area contributed by atoms with Gasteiger partial charge in [0.1, 0.15) is 0 Å². The minimum absolute atomic E-state index is 0. The molecule has 0 aliphatic rings. The van der Waals surface area contributed by atoms with Crippen LogP contribution in [0.25, 0.3) is 11.0 Å². The number of aromatic amines is 2. The van der Waals surface area contributed by atoms with Crippen LogP contribution in [0.15, 0.2) is 35.0 Å². The molecule has 7 heteroatoms. The van der Waals surface area contributed by atoms with E-state index < -0.39 is 5.88 Å². The van der Waals surface area contributed by atoms with E-state index in [1.54, 1.807) is 18.2 Å². The van der Waals surface area contributed by atoms with Crippen molar-refractivity contribution in [3.8, 4) is 0 Å². The van der Waals surface area contributed by atoms with Crippen LogP contribution in [-0.4, -0.2) is 15.8 Å². The molecule has 0 aliphatic carbocycles. The Hall–Kier alpha value is -1.50. The Balaban J connectivity index is 0.00000162. The molecule has 0 spiro atoms. The molecule has 3 N–H and O–H groups in total. The first-order chi connectivity index (χ1) is 8.04. The zero-order valence-corrected chi connectivity index (χ0v) is 12.0. The van der Waals surface area contributed by atoms with Gasteiger partial charge in [-0.25, -0.2) is 4.79 Å². The molecule has 0 aliphatic heterocycles. The number of aromatic nitrogens is 2. The summed E-state index contributed by atoms with van der Waals surface area (Å²) in [5.74, 6) is -0.812. The number of benzene rings is 1. The maximum Gasteiger partial charge on any atom is 1.00 e. The number of allylic oxidation sites excluding steroid dienone is 1. The number of carbonyl (C=O) groups excluding carboxylic acids is 1. The molecule has 1 aromatic carbocycles. The molecule has 2 aromatic rings. The fourth-order valence-electron chi connectivity index (χ4n) is 1.47. The average Bonchev–Trinajstić information content (AvgIpc) is 2.55. The number of fused-ring (bicyclic) bond motifs is 1. The third-order valence-electron chi connectivity index (χ3n) is 2.12. The summed E-state index contributed by atoms with van der Waals surface area (Å²) >= 11 is 0. The number of anilines is 1. The van der Waals surface area contributed by atoms with E-state index in [-0.39, 0.29) is 41.0 Å². The van der Waals surface area contributed by atoms with Crippen molar-refractivity contribution in [3.63, 3.8) is 0 Å². The summed E-state index contributed by atoms with van der Waals surface area (Å²) in [6.07, 6.45) is 0.962. The normalized spacial score (nSPS) is 11.1. The van der Waals surface area contributed by atoms with Gasteiger partial charge in [-0.3, -0.25) is 4.79 Å². The molecule has 0 atom stereocenters. The van der Waals surface area contributed by atoms with E-state index in [2.05, 4.69) is 15.3 Å². The number of nitrogens with one attached hydrogen (secondary N) is 3. The Bertz CT molecular complexity index is 657. The van der Waals surface area contributed by atoms with Crippen LogP contribution in [0.1, 0.15) is 6.92 Å². The summed E-state index contributed by atoms with van der Waals surface area (Å²) in [7, 11) is 0. The zero-order valence-electron chi connectivity index (χ0n) is 10.0. The van der Waals surface area contributed by atoms with Gasteiger partial charge in [-0.2, -0.15) is 0 Å². The quantitative estimate of drug-likeness (QED) is 0.310. The van der Waals surface area contributed by atoms with Crippen LogP contribution in [0.5, 0.6) is 0 Å². The van der Waals surface area contributed by atoms with E-state index in [0.717, 1.165) is 6.08 Å². The first-order valence-corrected chi connectivity index (χ1v) is 4.93. The molecule has 0 bridgehead atoms. The van der Waals surface area contributed by atoms with Crippen molar-refractivity contribution in [1.82, 2.24) is 9.97 Å². The van der Waals surface area contributed by atoms with Gasteiger partial charge in [-0.05, 0) is 37.1 Å². The van der Waals surface area contributed by atoms with Crippen molar-refractivity contribution in [2.24, 2.45) is 0 Å². The van der Waals surface area contributed by atoms with E-state index in [9.17, 15) is 14.7 Å². The summed E-state index contributed by atoms with van der Waals surface area (Å²) in [5.41, 5.74) is 1.45. The summed E-state index contributed by atoms with van der Waals surface area (Å²) in [6, 6.07) is 4.91. The van der Waals surface area contributed by atoms with Crippen molar-refractivity contribution in [3.05, 3.63) is 40.6 Å². The molecule has 0 saturated carbocycles. The van der Waals surface area contributed by atoms with E-state index in [0.29, 0.717) is 16.7 Å². The monoisotopic (exact) mass is 255 g/mol. The predicted octanol–water partition coefficient (Wildman–Crippen LogP) is -2.94. The van der Waals surface area contributed by atoms with Crippen LogP contribution < -0.4 is 45.7 Å². The van der Waals surface area contributed by atoms with Crippen molar-refractivity contribution in [2.45, 2.75) is 6.92 Å². The molecule has 0 saturated heterocycles. The van der Waals surface area contributed by atoms with Crippen molar-refractivity contribution < 1.29 is 39.5 Å². The van der Waals surface area contributed by atoms with E-state index in [4.69, 9.17) is 0 Å². The second-order valence-corrected chi connectivity index (χ2v) is 3.58. The summed E-state index contributed by atoms with van der Waals surface area (Å²) in [5, 5.41) is 13.8. The van der Waals surface area contributed by atoms with Gasteiger partial charge in [-0.1, -0.05) is 0 Å². The predicted molar refractivity (Wildman–Crippen MR) is 61.3 cm³/mol. The second-order valence-electron chi connectivity index (χ2n) is 3.58. The maximum absolute atomic E-state index is 11.3. The van der Waals surface area contributed by atoms with E-state index in [1.165, 1.54) is 6.92 Å². The first-order valence-electron chi connectivity index (χ1n) is 4.93. The molecule has 0 fully saturated rings. The molecule has 1 aromatic heterocycles. The third-order valence-corrected chi connectivity index (χ3v) is 2.12. The molecule has 6 nitrogen and oxygen atoms in total. The molecule has 2 rings (SSSR count). The SMILES string of the molecule is CC(=O)/C=C(\[O-])Nc1ccc2[nH]c(=O)[nH]c2c1.[Na+]. The number of hydrogen-bond acceptors (Lipinski definition) is 4. The standard InChI is InChI=1S/C11H11N3O3.Na/c1-6(15)4-10(16)12-7-2-3-8-9(5-7)14-11(17)13-8;/h2-5,12,16H,1H3,(H2,13,14,17);/q;+1/p-1/b10-4-;. The number of carbonyl (C=O) groups is 1. The van der Waals surface area contributed by atoms with Crippen LogP contribution in [0.3, 0.4) is 0 Å². The summed E-state index contributed by atoms with van der Waals surface area (Å²) in [4.78, 5) is 26.9. The molecule has 0 unspecified atom stereocenters. The molecule has 88 valence electrons. The summed E-state index contributed by atoms with van der Waals surface area (Å²) in [6.45, 7) is 1.30. The van der Waals surface area contributed by atoms with Crippen molar-refractivity contribution in [1.29, 1.82) is 0 Å². The van der Waals surface area contributed by atoms with E-state index in [1.807, 2.05) is 0 Å². The smallest absolute Gasteiger partial charge is 0.860 e. The fourth-order valence-corrected chi connectivity index (χ4v) is 1.47. The van der Waals surface area contributed by atoms with Crippen LogP contribution in [0.4, 0.5) is 5.69 Å². The average molecular weight is 255 g/mol. The fraction of sp³-hybridized carbons (Fsp3) is 0.0909. The van der Waals surface area contributed by atoms with Crippen molar-refractivity contribution >= 4 is 22.5 Å². The first kappa shape index (κ1) is 14.6. The Morgan fingerprint density at radius 3 is 2.67 bits per heavy atom. The molecular formula is C11H10N3NaO3.